The van der Waals surface area contributed by atoms with Crippen molar-refractivity contribution in [1.82, 2.24) is 19.7 Å². The van der Waals surface area contributed by atoms with E-state index in [0.717, 1.165) is 32.6 Å². The molecule has 0 bridgehead atoms. The second-order valence-corrected chi connectivity index (χ2v) is 10.4. The Morgan fingerprint density at radius 3 is 2.61 bits per heavy atom. The molecule has 6 heteroatoms. The molecule has 1 aromatic heterocycles. The third-order valence-corrected chi connectivity index (χ3v) is 8.16. The Bertz CT molecular complexity index is 603. The number of thiazole rings is 1. The number of aliphatic hydroxyl groups excluding tert-OH is 1. The van der Waals surface area contributed by atoms with Crippen LogP contribution in [0.3, 0.4) is 0 Å². The van der Waals surface area contributed by atoms with Gasteiger partial charge in [0.25, 0.3) is 0 Å². The number of piperidine rings is 1. The minimum atomic E-state index is 0.297. The molecule has 0 saturated carbocycles. The van der Waals surface area contributed by atoms with Gasteiger partial charge in [0, 0.05) is 49.2 Å². The van der Waals surface area contributed by atoms with Crippen molar-refractivity contribution in [3.05, 3.63) is 15.6 Å². The first-order valence-electron chi connectivity index (χ1n) is 11.4. The zero-order valence-corrected chi connectivity index (χ0v) is 18.6. The van der Waals surface area contributed by atoms with Gasteiger partial charge in [-0.15, -0.1) is 11.3 Å². The molecule has 5 nitrogen and oxygen atoms in total. The highest BCUT2D eigenvalue weighted by atomic mass is 32.1. The molecule has 0 amide bonds. The van der Waals surface area contributed by atoms with Crippen LogP contribution in [0.2, 0.25) is 0 Å². The van der Waals surface area contributed by atoms with Crippen molar-refractivity contribution in [2.75, 3.05) is 39.3 Å². The molecule has 2 saturated heterocycles. The Hall–Kier alpha value is -0.530. The summed E-state index contributed by atoms with van der Waals surface area (Å²) in [5, 5.41) is 11.0. The smallest absolute Gasteiger partial charge is 0.107 e. The predicted molar refractivity (Wildman–Crippen MR) is 116 cm³/mol. The maximum absolute atomic E-state index is 9.67. The van der Waals surface area contributed by atoms with Crippen molar-refractivity contribution in [2.24, 2.45) is 0 Å². The Morgan fingerprint density at radius 1 is 1.11 bits per heavy atom. The molecule has 3 heterocycles. The zero-order valence-electron chi connectivity index (χ0n) is 17.8. The summed E-state index contributed by atoms with van der Waals surface area (Å²) < 4.78 is 0. The van der Waals surface area contributed by atoms with Gasteiger partial charge in [-0.1, -0.05) is 0 Å². The quantitative estimate of drug-likeness (QED) is 0.787. The Kier molecular flexibility index (Phi) is 7.05. The number of aromatic nitrogens is 1. The molecule has 0 spiro atoms. The molecule has 2 aliphatic heterocycles. The number of hydrogen-bond donors (Lipinski definition) is 1. The fraction of sp³-hybridized carbons (Fsp3) is 0.864. The molecule has 3 aliphatic rings. The van der Waals surface area contributed by atoms with Gasteiger partial charge >= 0.3 is 0 Å². The van der Waals surface area contributed by atoms with Crippen molar-refractivity contribution in [2.45, 2.75) is 83.5 Å². The van der Waals surface area contributed by atoms with E-state index >= 15 is 0 Å². The van der Waals surface area contributed by atoms with Gasteiger partial charge in [0.1, 0.15) is 5.01 Å². The lowest BCUT2D eigenvalue weighted by Crippen LogP contribution is -2.58. The standard InChI is InChI=1S/C22H38N4OS/c1-17(2)25-10-7-18(8-11-25)26-13-12-24(15-19(26)9-14-27)16-22-23-20-5-3-4-6-21(20)28-22/h17-19,27H,3-16H2,1-2H3. The summed E-state index contributed by atoms with van der Waals surface area (Å²) in [7, 11) is 0. The summed E-state index contributed by atoms with van der Waals surface area (Å²) in [6.45, 7) is 11.7. The van der Waals surface area contributed by atoms with E-state index in [2.05, 4.69) is 28.5 Å². The fourth-order valence-electron chi connectivity index (χ4n) is 5.36. The summed E-state index contributed by atoms with van der Waals surface area (Å²) in [6.07, 6.45) is 8.52. The number of rotatable bonds is 6. The van der Waals surface area contributed by atoms with Crippen LogP contribution in [0, 0.1) is 0 Å². The topological polar surface area (TPSA) is 42.8 Å². The van der Waals surface area contributed by atoms with Gasteiger partial charge in [-0.05, 0) is 71.9 Å². The van der Waals surface area contributed by atoms with Crippen molar-refractivity contribution in [1.29, 1.82) is 0 Å². The van der Waals surface area contributed by atoms with Gasteiger partial charge < -0.3 is 10.0 Å². The highest BCUT2D eigenvalue weighted by molar-refractivity contribution is 7.11. The van der Waals surface area contributed by atoms with Crippen LogP contribution in [0.1, 0.15) is 61.5 Å². The Balaban J connectivity index is 1.34. The molecule has 0 aromatic carbocycles. The van der Waals surface area contributed by atoms with E-state index in [1.807, 2.05) is 11.3 Å². The minimum Gasteiger partial charge on any atom is -0.396 e. The van der Waals surface area contributed by atoms with Gasteiger partial charge in [0.05, 0.1) is 12.2 Å². The fourth-order valence-corrected chi connectivity index (χ4v) is 6.56. The molecule has 1 atom stereocenters. The number of nitrogens with zero attached hydrogens (tertiary/aromatic N) is 4. The van der Waals surface area contributed by atoms with Gasteiger partial charge in [-0.2, -0.15) is 0 Å². The van der Waals surface area contributed by atoms with Gasteiger partial charge in [-0.25, -0.2) is 4.98 Å². The SMILES string of the molecule is CC(C)N1CCC(N2CCN(Cc3nc4c(s3)CCCC4)CC2CCO)CC1. The van der Waals surface area contributed by atoms with Crippen LogP contribution in [0.25, 0.3) is 0 Å². The van der Waals surface area contributed by atoms with E-state index < -0.39 is 0 Å². The molecule has 1 N–H and O–H groups in total. The van der Waals surface area contributed by atoms with E-state index in [9.17, 15) is 5.11 Å². The van der Waals surface area contributed by atoms with Crippen LogP contribution in [0.4, 0.5) is 0 Å². The predicted octanol–water partition coefficient (Wildman–Crippen LogP) is 2.76. The van der Waals surface area contributed by atoms with Crippen LogP contribution >= 0.6 is 11.3 Å². The number of hydrogen-bond acceptors (Lipinski definition) is 6. The van der Waals surface area contributed by atoms with E-state index in [0.29, 0.717) is 24.7 Å². The zero-order chi connectivity index (χ0) is 19.5. The molecular weight excluding hydrogens is 368 g/mol. The molecule has 158 valence electrons. The number of likely N-dealkylation sites (tertiary alicyclic amines) is 1. The Morgan fingerprint density at radius 2 is 1.89 bits per heavy atom. The maximum atomic E-state index is 9.67. The number of piperazine rings is 1. The lowest BCUT2D eigenvalue weighted by Gasteiger charge is -2.48. The molecule has 4 rings (SSSR count). The van der Waals surface area contributed by atoms with Crippen molar-refractivity contribution < 1.29 is 5.11 Å². The van der Waals surface area contributed by atoms with Crippen molar-refractivity contribution >= 4 is 11.3 Å². The first kappa shape index (κ1) is 20.7. The Labute approximate surface area is 174 Å². The normalized spacial score (nSPS) is 26.1. The van der Waals surface area contributed by atoms with Crippen LogP contribution in [0.5, 0.6) is 0 Å². The monoisotopic (exact) mass is 406 g/mol. The lowest BCUT2D eigenvalue weighted by molar-refractivity contribution is -0.0000504. The molecule has 0 radical (unpaired) electrons. The summed E-state index contributed by atoms with van der Waals surface area (Å²) in [5.41, 5.74) is 1.38. The highest BCUT2D eigenvalue weighted by Gasteiger charge is 2.34. The van der Waals surface area contributed by atoms with Crippen LogP contribution in [-0.4, -0.2) is 82.2 Å². The van der Waals surface area contributed by atoms with E-state index in [1.54, 1.807) is 4.88 Å². The van der Waals surface area contributed by atoms with Gasteiger partial charge in [0.15, 0.2) is 0 Å². The third-order valence-electron chi connectivity index (χ3n) is 7.02. The van der Waals surface area contributed by atoms with E-state index in [1.165, 1.54) is 62.3 Å². The highest BCUT2D eigenvalue weighted by Crippen LogP contribution is 2.29. The summed E-state index contributed by atoms with van der Waals surface area (Å²) in [5.74, 6) is 0. The number of fused-ring (bicyclic) bond motifs is 1. The van der Waals surface area contributed by atoms with E-state index in [-0.39, 0.29) is 0 Å². The summed E-state index contributed by atoms with van der Waals surface area (Å²) >= 11 is 1.95. The second kappa shape index (κ2) is 9.52. The third kappa shape index (κ3) is 4.78. The molecule has 1 aliphatic carbocycles. The average Bonchev–Trinajstić information content (AvgIpc) is 3.11. The average molecular weight is 407 g/mol. The van der Waals surface area contributed by atoms with Crippen molar-refractivity contribution in [3.63, 3.8) is 0 Å². The molecule has 1 aromatic rings. The number of aliphatic hydroxyl groups is 1. The second-order valence-electron chi connectivity index (χ2n) is 9.18. The van der Waals surface area contributed by atoms with Gasteiger partial charge in [-0.3, -0.25) is 9.80 Å². The first-order valence-corrected chi connectivity index (χ1v) is 12.3. The molecule has 28 heavy (non-hydrogen) atoms. The minimum absolute atomic E-state index is 0.297. The largest absolute Gasteiger partial charge is 0.396 e. The van der Waals surface area contributed by atoms with Gasteiger partial charge in [0.2, 0.25) is 0 Å². The maximum Gasteiger partial charge on any atom is 0.107 e. The van der Waals surface area contributed by atoms with E-state index in [4.69, 9.17) is 4.98 Å². The van der Waals surface area contributed by atoms with Crippen LogP contribution in [-0.2, 0) is 19.4 Å². The molecule has 1 unspecified atom stereocenters. The molecule has 2 fully saturated rings. The van der Waals surface area contributed by atoms with Crippen LogP contribution < -0.4 is 0 Å². The van der Waals surface area contributed by atoms with Crippen molar-refractivity contribution in [3.8, 4) is 0 Å². The van der Waals surface area contributed by atoms with Crippen LogP contribution in [0.15, 0.2) is 0 Å². The molecular formula is C22H38N4OS. The summed E-state index contributed by atoms with van der Waals surface area (Å²) in [4.78, 5) is 14.4. The lowest BCUT2D eigenvalue weighted by atomic mass is 9.97. The number of aryl methyl sites for hydroxylation is 2. The summed E-state index contributed by atoms with van der Waals surface area (Å²) in [6, 6.07) is 1.85. The first-order chi connectivity index (χ1) is 13.6.